The van der Waals surface area contributed by atoms with Crippen molar-refractivity contribution in [3.05, 3.63) is 58.1 Å². The number of ether oxygens (including phenoxy) is 5. The summed E-state index contributed by atoms with van der Waals surface area (Å²) in [7, 11) is -4.38. The molecule has 0 aromatic heterocycles. The van der Waals surface area contributed by atoms with Gasteiger partial charge in [0.15, 0.2) is 0 Å². The van der Waals surface area contributed by atoms with Gasteiger partial charge in [-0.15, -0.1) is 11.8 Å². The van der Waals surface area contributed by atoms with Gasteiger partial charge >= 0.3 is 5.97 Å². The first-order valence-corrected chi connectivity index (χ1v) is 31.3. The van der Waals surface area contributed by atoms with Crippen LogP contribution in [0.5, 0.6) is 5.75 Å². The van der Waals surface area contributed by atoms with Crippen molar-refractivity contribution < 1.29 is 70.5 Å². The molecule has 2 aromatic rings. The number of thioether (sulfide) groups is 1. The molecule has 11 N–H and O–H groups in total. The van der Waals surface area contributed by atoms with Crippen molar-refractivity contribution in [1.82, 2.24) is 41.9 Å². The van der Waals surface area contributed by atoms with Crippen molar-refractivity contribution in [2.75, 3.05) is 18.1 Å². The lowest BCUT2D eigenvalue weighted by Crippen LogP contribution is -2.65. The number of benzene rings is 2. The molecule has 0 aliphatic carbocycles. The molecule has 86 heavy (non-hydrogen) atoms. The van der Waals surface area contributed by atoms with Crippen LogP contribution in [0.1, 0.15) is 144 Å². The number of amides is 7. The summed E-state index contributed by atoms with van der Waals surface area (Å²) >= 11 is 0.879. The summed E-state index contributed by atoms with van der Waals surface area (Å²) in [5, 5.41) is 27.3. The van der Waals surface area contributed by atoms with Gasteiger partial charge in [-0.25, -0.2) is 17.9 Å². The number of sulfonamides is 1. The van der Waals surface area contributed by atoms with Crippen molar-refractivity contribution in [1.29, 1.82) is 5.41 Å². The molecule has 9 atom stereocenters. The van der Waals surface area contributed by atoms with Gasteiger partial charge in [-0.1, -0.05) is 30.3 Å². The Morgan fingerprint density at radius 1 is 0.721 bits per heavy atom. The normalized spacial score (nSPS) is 22.2. The van der Waals surface area contributed by atoms with E-state index in [1.807, 2.05) is 20.8 Å². The second-order valence-electron chi connectivity index (χ2n) is 25.4. The molecule has 1 unspecified atom stereocenters. The molecule has 0 saturated carbocycles. The number of nitrogens with one attached hydrogen (secondary N) is 9. The molecule has 0 bridgehead atoms. The zero-order valence-electron chi connectivity index (χ0n) is 52.8. The van der Waals surface area contributed by atoms with Crippen LogP contribution in [0.2, 0.25) is 0 Å². The number of esters is 1. The first-order valence-electron chi connectivity index (χ1n) is 28.7. The smallest absolute Gasteiger partial charge is 0.329 e. The molecule has 2 aliphatic rings. The van der Waals surface area contributed by atoms with E-state index in [2.05, 4.69) is 41.9 Å². The summed E-state index contributed by atoms with van der Waals surface area (Å²) in [4.78, 5) is 114. The van der Waals surface area contributed by atoms with E-state index in [9.17, 15) is 46.8 Å². The largest absolute Gasteiger partial charge is 0.487 e. The Kier molecular flexibility index (Phi) is 25.0. The monoisotopic (exact) mass is 1240 g/mol. The van der Waals surface area contributed by atoms with Crippen LogP contribution in [0.15, 0.2) is 35.2 Å². The predicted octanol–water partition coefficient (Wildman–Crippen LogP) is 2.79. The molecule has 480 valence electrons. The maximum atomic E-state index is 15.0. The lowest BCUT2D eigenvalue weighted by atomic mass is 9.93. The Bertz CT molecular complexity index is 2920. The van der Waals surface area contributed by atoms with Gasteiger partial charge < -0.3 is 66.6 Å². The van der Waals surface area contributed by atoms with Crippen LogP contribution >= 0.6 is 11.8 Å². The minimum Gasteiger partial charge on any atom is -0.487 e. The lowest BCUT2D eigenvalue weighted by Gasteiger charge is -2.36. The second-order valence-corrected chi connectivity index (χ2v) is 28.0. The fourth-order valence-corrected chi connectivity index (χ4v) is 12.2. The standard InChI is InChI=1S/C59H92N10O15S2/c1-31-32(2)48(33(3)47-38(31)27-59(16,17)84-47)86(78,79)69-55(61)62-25-21-24-39-49(72)65-40(54(77)80-28-37-22-19-18-20-23-37)26-43(71)63-41(29-85-30-42(60)70)50(73)66-45(35(5)82-57(10,11)12)52(75)68-46(36(6)83-58(13,14)15)53(76)67-44(51(74)64-39)34(4)81-56(7,8)9/h18-20,22-23,34-36,39-41,44-46H,21,24-30H2,1-17H3,(H2,60,70)(H,63,71)(H,64,74)(H,65,72)(H,66,73)(H,67,76)(H,68,75)(H3,61,62,69)/t34-,35-,36-,39+,40+,41+,44?,45+,46+/m1/s1. The van der Waals surface area contributed by atoms with Gasteiger partial charge in [-0.2, -0.15) is 0 Å². The third-order valence-corrected chi connectivity index (χ3v) is 16.2. The molecule has 2 aliphatic heterocycles. The van der Waals surface area contributed by atoms with Gasteiger partial charge in [-0.05, 0) is 147 Å². The first-order chi connectivity index (χ1) is 39.6. The number of guanidine groups is 1. The molecule has 4 rings (SSSR count). The maximum Gasteiger partial charge on any atom is 0.329 e. The average Bonchev–Trinajstić information content (AvgIpc) is 1.53. The van der Waals surface area contributed by atoms with Gasteiger partial charge in [0.05, 0.1) is 52.2 Å². The summed E-state index contributed by atoms with van der Waals surface area (Å²) in [6.07, 6.45) is -4.05. The molecule has 7 amide bonds. The molecular formula is C59H92N10O15S2. The third kappa shape index (κ3) is 22.0. The summed E-state index contributed by atoms with van der Waals surface area (Å²) < 4.78 is 60.8. The number of hydrogen-bond donors (Lipinski definition) is 10. The highest BCUT2D eigenvalue weighted by Gasteiger charge is 2.42. The lowest BCUT2D eigenvalue weighted by molar-refractivity contribution is -0.151. The van der Waals surface area contributed by atoms with Crippen LogP contribution in [0.3, 0.4) is 0 Å². The van der Waals surface area contributed by atoms with E-state index >= 15 is 0 Å². The maximum absolute atomic E-state index is 15.0. The van der Waals surface area contributed by atoms with Crippen LogP contribution in [-0.2, 0) is 80.4 Å². The number of primary amides is 1. The van der Waals surface area contributed by atoms with Crippen molar-refractivity contribution in [2.24, 2.45) is 5.73 Å². The van der Waals surface area contributed by atoms with Crippen molar-refractivity contribution in [3.63, 3.8) is 0 Å². The minimum absolute atomic E-state index is 0.0443. The summed E-state index contributed by atoms with van der Waals surface area (Å²) in [6, 6.07) is -1.27. The zero-order valence-corrected chi connectivity index (χ0v) is 54.4. The van der Waals surface area contributed by atoms with E-state index in [-0.39, 0.29) is 42.4 Å². The summed E-state index contributed by atoms with van der Waals surface area (Å²) in [6.45, 7) is 28.5. The first kappa shape index (κ1) is 71.9. The van der Waals surface area contributed by atoms with Crippen molar-refractivity contribution in [2.45, 2.75) is 232 Å². The highest BCUT2D eigenvalue weighted by Crippen LogP contribution is 2.44. The van der Waals surface area contributed by atoms with Crippen molar-refractivity contribution in [3.8, 4) is 5.75 Å². The number of carbonyl (C=O) groups is 8. The Balaban J connectivity index is 1.84. The Hall–Kier alpha value is -6.55. The molecule has 2 aromatic carbocycles. The van der Waals surface area contributed by atoms with E-state index in [4.69, 9.17) is 34.8 Å². The average molecular weight is 1250 g/mol. The van der Waals surface area contributed by atoms with Crippen LogP contribution < -0.4 is 52.4 Å². The van der Waals surface area contributed by atoms with E-state index in [0.717, 1.165) is 22.9 Å². The van der Waals surface area contributed by atoms with Crippen LogP contribution in [0.25, 0.3) is 0 Å². The van der Waals surface area contributed by atoms with Gasteiger partial charge in [0.2, 0.25) is 47.3 Å². The van der Waals surface area contributed by atoms with Gasteiger partial charge in [0, 0.05) is 29.8 Å². The van der Waals surface area contributed by atoms with Gasteiger partial charge in [0.25, 0.3) is 10.0 Å². The minimum atomic E-state index is -4.38. The van der Waals surface area contributed by atoms with Gasteiger partial charge in [0.1, 0.15) is 54.2 Å². The second kappa shape index (κ2) is 29.9. The van der Waals surface area contributed by atoms with Crippen molar-refractivity contribution >= 4 is 75.1 Å². The van der Waals surface area contributed by atoms with Crippen LogP contribution in [0, 0.1) is 26.2 Å². The summed E-state index contributed by atoms with van der Waals surface area (Å²) in [5.41, 5.74) is 5.22. The van der Waals surface area contributed by atoms with Crippen LogP contribution in [-0.4, -0.2) is 157 Å². The zero-order chi connectivity index (χ0) is 65.0. The molecule has 2 heterocycles. The number of rotatable bonds is 19. The van der Waals surface area contributed by atoms with E-state index in [0.29, 0.717) is 28.9 Å². The quantitative estimate of drug-likeness (QED) is 0.0418. The number of fused-ring (bicyclic) bond motifs is 1. The molecule has 27 heteroatoms. The van der Waals surface area contributed by atoms with E-state index in [1.54, 1.807) is 106 Å². The number of carbonyl (C=O) groups excluding carboxylic acids is 8. The third-order valence-electron chi connectivity index (χ3n) is 13.6. The molecule has 25 nitrogen and oxygen atoms in total. The Morgan fingerprint density at radius 3 is 1.71 bits per heavy atom. The predicted molar refractivity (Wildman–Crippen MR) is 324 cm³/mol. The van der Waals surface area contributed by atoms with Crippen LogP contribution in [0.4, 0.5) is 0 Å². The fourth-order valence-electron chi connectivity index (χ4n) is 9.94. The highest BCUT2D eigenvalue weighted by molar-refractivity contribution is 8.00. The molecule has 1 saturated heterocycles. The number of nitrogens with two attached hydrogens (primary N) is 1. The van der Waals surface area contributed by atoms with E-state index < -0.39 is 147 Å². The molecular weight excluding hydrogens is 1150 g/mol. The summed E-state index contributed by atoms with van der Waals surface area (Å²) in [5.74, 6) is -8.41. The molecule has 1 fully saturated rings. The fraction of sp³-hybridized carbons (Fsp3) is 0.644. The van der Waals surface area contributed by atoms with Gasteiger partial charge in [-0.3, -0.25) is 39.0 Å². The number of hydrogen-bond acceptors (Lipinski definition) is 17. The Labute approximate surface area is 510 Å². The van der Waals surface area contributed by atoms with E-state index in [1.165, 1.54) is 20.8 Å². The molecule has 0 radical (unpaired) electrons. The SMILES string of the molecule is Cc1c(C)c(S(=O)(=O)NC(=N)NCCC[C@@H]2NC(=O)C([C@@H](C)OC(C)(C)C)NC(=O)[C@H]([C@@H](C)OC(C)(C)C)NC(=O)[C@H]([C@@H](C)OC(C)(C)C)NC(=O)[C@H](CSCC(N)=O)NC(=O)C[C@@H](C(=O)OCc3ccccc3)NC2=O)c(C)c2c1CC(C)(C)O2. The Morgan fingerprint density at radius 2 is 1.21 bits per heavy atom. The topological polar surface area (TPSA) is 363 Å². The highest BCUT2D eigenvalue weighted by atomic mass is 32.2. The molecule has 0 spiro atoms.